The Kier molecular flexibility index (Phi) is 5.51. The number of hydrogen-bond acceptors (Lipinski definition) is 5. The monoisotopic (exact) mass is 436 g/mol. The summed E-state index contributed by atoms with van der Waals surface area (Å²) in [6, 6.07) is 21.8. The maximum atomic E-state index is 12.6. The molecule has 1 amide bonds. The smallest absolute Gasteiger partial charge is 0.267 e. The summed E-state index contributed by atoms with van der Waals surface area (Å²) in [4.78, 5) is 27.7. The first kappa shape index (κ1) is 19.7. The van der Waals surface area contributed by atoms with E-state index in [-0.39, 0.29) is 5.69 Å². The molecule has 4 aromatic rings. The highest BCUT2D eigenvalue weighted by molar-refractivity contribution is 7.12. The van der Waals surface area contributed by atoms with Crippen LogP contribution in [0.1, 0.15) is 10.4 Å². The van der Waals surface area contributed by atoms with Crippen LogP contribution in [0.4, 0.5) is 5.69 Å². The minimum Gasteiger partial charge on any atom is -0.267 e. The molecule has 7 nitrogen and oxygen atoms in total. The summed E-state index contributed by atoms with van der Waals surface area (Å²) in [6.45, 7) is 0. The predicted octanol–water partition coefficient (Wildman–Crippen LogP) is 4.90. The Bertz CT molecular complexity index is 1280. The number of non-ortho nitro benzene ring substituents is 1. The van der Waals surface area contributed by atoms with Crippen LogP contribution in [0.5, 0.6) is 0 Å². The molecule has 0 saturated heterocycles. The minimum absolute atomic E-state index is 0.0358. The highest BCUT2D eigenvalue weighted by Gasteiger charge is 2.13. The first-order valence-electron chi connectivity index (χ1n) is 8.76. The quantitative estimate of drug-likeness (QED) is 0.336. The fourth-order valence-electron chi connectivity index (χ4n) is 2.68. The van der Waals surface area contributed by atoms with Crippen molar-refractivity contribution in [1.82, 2.24) is 9.78 Å². The molecular weight excluding hydrogens is 424 g/mol. The summed E-state index contributed by atoms with van der Waals surface area (Å²) in [5.74, 6) is -0.405. The Hall–Kier alpha value is -3.62. The number of nitrogens with zero attached hydrogens (tertiary/aromatic N) is 4. The molecule has 1 aromatic heterocycles. The lowest BCUT2D eigenvalue weighted by molar-refractivity contribution is -0.384. The topological polar surface area (TPSA) is 90.4 Å². The zero-order valence-corrected chi connectivity index (χ0v) is 16.9. The Morgan fingerprint density at radius 2 is 1.67 bits per heavy atom. The average Bonchev–Trinajstić information content (AvgIpc) is 3.18. The molecule has 0 bridgehead atoms. The molecule has 0 N–H and O–H groups in total. The SMILES string of the molecule is O=C(N=c1sc(-c2ccc(Cl)cc2)nn1-c1ccc([N+](=O)[O-])cc1)c1ccccc1. The molecule has 0 atom stereocenters. The van der Waals surface area contributed by atoms with Crippen molar-refractivity contribution in [2.24, 2.45) is 4.99 Å². The van der Waals surface area contributed by atoms with Crippen LogP contribution >= 0.6 is 22.9 Å². The summed E-state index contributed by atoms with van der Waals surface area (Å²) >= 11 is 7.20. The van der Waals surface area contributed by atoms with Crippen LogP contribution in [-0.2, 0) is 0 Å². The number of hydrogen-bond donors (Lipinski definition) is 0. The summed E-state index contributed by atoms with van der Waals surface area (Å²) in [6.07, 6.45) is 0. The average molecular weight is 437 g/mol. The number of carbonyl (C=O) groups excluding carboxylic acids is 1. The van der Waals surface area contributed by atoms with Crippen LogP contribution in [0.15, 0.2) is 83.9 Å². The lowest BCUT2D eigenvalue weighted by Crippen LogP contribution is -2.16. The van der Waals surface area contributed by atoms with E-state index in [1.807, 2.05) is 18.2 Å². The maximum Gasteiger partial charge on any atom is 0.279 e. The van der Waals surface area contributed by atoms with E-state index >= 15 is 0 Å². The Morgan fingerprint density at radius 3 is 2.30 bits per heavy atom. The zero-order valence-electron chi connectivity index (χ0n) is 15.3. The van der Waals surface area contributed by atoms with E-state index in [1.165, 1.54) is 28.2 Å². The van der Waals surface area contributed by atoms with Gasteiger partial charge in [-0.25, -0.2) is 4.68 Å². The summed E-state index contributed by atoms with van der Waals surface area (Å²) in [5.41, 5.74) is 1.78. The Balaban J connectivity index is 1.84. The van der Waals surface area contributed by atoms with Gasteiger partial charge in [0.2, 0.25) is 4.80 Å². The number of carbonyl (C=O) groups is 1. The van der Waals surface area contributed by atoms with Crippen LogP contribution in [0.3, 0.4) is 0 Å². The van der Waals surface area contributed by atoms with Gasteiger partial charge in [-0.3, -0.25) is 14.9 Å². The number of amides is 1. The van der Waals surface area contributed by atoms with Crippen molar-refractivity contribution in [3.63, 3.8) is 0 Å². The third-order valence-electron chi connectivity index (χ3n) is 4.17. The minimum atomic E-state index is -0.473. The fraction of sp³-hybridized carbons (Fsp3) is 0. The fourth-order valence-corrected chi connectivity index (χ4v) is 3.72. The molecule has 0 aliphatic rings. The molecule has 1 heterocycles. The molecule has 3 aromatic carbocycles. The number of nitro groups is 1. The van der Waals surface area contributed by atoms with Crippen LogP contribution in [0.25, 0.3) is 16.3 Å². The highest BCUT2D eigenvalue weighted by atomic mass is 35.5. The number of halogens is 1. The molecule has 0 fully saturated rings. The summed E-state index contributed by atoms with van der Waals surface area (Å²) in [7, 11) is 0. The van der Waals surface area contributed by atoms with E-state index in [2.05, 4.69) is 10.1 Å². The van der Waals surface area contributed by atoms with E-state index in [4.69, 9.17) is 11.6 Å². The van der Waals surface area contributed by atoms with Gasteiger partial charge in [0, 0.05) is 28.3 Å². The summed E-state index contributed by atoms with van der Waals surface area (Å²) < 4.78 is 1.50. The summed E-state index contributed by atoms with van der Waals surface area (Å²) in [5, 5.41) is 16.8. The molecule has 0 radical (unpaired) electrons. The van der Waals surface area contributed by atoms with Crippen molar-refractivity contribution in [2.45, 2.75) is 0 Å². The zero-order chi connectivity index (χ0) is 21.1. The second-order valence-corrected chi connectivity index (χ2v) is 7.56. The maximum absolute atomic E-state index is 12.6. The molecule has 4 rings (SSSR count). The van der Waals surface area contributed by atoms with E-state index in [9.17, 15) is 14.9 Å². The normalized spacial score (nSPS) is 11.4. The molecule has 30 heavy (non-hydrogen) atoms. The molecular formula is C21H13ClN4O3S. The van der Waals surface area contributed by atoms with Gasteiger partial charge in [-0.1, -0.05) is 53.3 Å². The third kappa shape index (κ3) is 4.19. The number of rotatable bonds is 4. The van der Waals surface area contributed by atoms with Gasteiger partial charge in [0.15, 0.2) is 0 Å². The molecule has 0 spiro atoms. The van der Waals surface area contributed by atoms with Crippen molar-refractivity contribution < 1.29 is 9.72 Å². The standard InChI is InChI=1S/C21H13ClN4O3S/c22-16-8-6-15(7-9-16)20-24-25(17-10-12-18(13-11-17)26(28)29)21(30-20)23-19(27)14-4-2-1-3-5-14/h1-13H. The van der Waals surface area contributed by atoms with Gasteiger partial charge >= 0.3 is 0 Å². The largest absolute Gasteiger partial charge is 0.279 e. The lowest BCUT2D eigenvalue weighted by Gasteiger charge is -2.01. The van der Waals surface area contributed by atoms with Gasteiger partial charge in [-0.2, -0.15) is 10.1 Å². The van der Waals surface area contributed by atoms with Gasteiger partial charge in [-0.05, 0) is 36.4 Å². The molecule has 9 heteroatoms. The number of nitro benzene ring substituents is 1. The number of aromatic nitrogens is 2. The molecule has 148 valence electrons. The lowest BCUT2D eigenvalue weighted by atomic mass is 10.2. The molecule has 0 unspecified atom stereocenters. The van der Waals surface area contributed by atoms with E-state index in [0.29, 0.717) is 26.1 Å². The van der Waals surface area contributed by atoms with Crippen LogP contribution in [0.2, 0.25) is 5.02 Å². The first-order chi connectivity index (χ1) is 14.5. The van der Waals surface area contributed by atoms with Crippen LogP contribution in [-0.4, -0.2) is 20.6 Å². The van der Waals surface area contributed by atoms with Crippen LogP contribution in [0, 0.1) is 10.1 Å². The number of benzene rings is 3. The van der Waals surface area contributed by atoms with Crippen molar-refractivity contribution in [3.05, 3.63) is 104 Å². The van der Waals surface area contributed by atoms with Crippen molar-refractivity contribution in [1.29, 1.82) is 0 Å². The molecule has 0 aliphatic heterocycles. The van der Waals surface area contributed by atoms with Crippen molar-refractivity contribution >= 4 is 34.5 Å². The Labute approximate surface area is 179 Å². The van der Waals surface area contributed by atoms with Gasteiger partial charge < -0.3 is 0 Å². The van der Waals surface area contributed by atoms with E-state index in [0.717, 1.165) is 5.56 Å². The first-order valence-corrected chi connectivity index (χ1v) is 9.96. The van der Waals surface area contributed by atoms with Crippen LogP contribution < -0.4 is 4.80 Å². The van der Waals surface area contributed by atoms with Gasteiger partial charge in [-0.15, -0.1) is 0 Å². The molecule has 0 aliphatic carbocycles. The molecule has 0 saturated carbocycles. The van der Waals surface area contributed by atoms with Gasteiger partial charge in [0.05, 0.1) is 10.6 Å². The predicted molar refractivity (Wildman–Crippen MR) is 115 cm³/mol. The second-order valence-electron chi connectivity index (χ2n) is 6.16. The van der Waals surface area contributed by atoms with E-state index < -0.39 is 10.8 Å². The second kappa shape index (κ2) is 8.40. The Morgan fingerprint density at radius 1 is 1.00 bits per heavy atom. The van der Waals surface area contributed by atoms with Gasteiger partial charge in [0.25, 0.3) is 11.6 Å². The van der Waals surface area contributed by atoms with Crippen molar-refractivity contribution in [2.75, 3.05) is 0 Å². The third-order valence-corrected chi connectivity index (χ3v) is 5.38. The van der Waals surface area contributed by atoms with E-state index in [1.54, 1.807) is 48.5 Å². The van der Waals surface area contributed by atoms with Gasteiger partial charge in [0.1, 0.15) is 5.01 Å². The highest BCUT2D eigenvalue weighted by Crippen LogP contribution is 2.23. The van der Waals surface area contributed by atoms with Crippen molar-refractivity contribution in [3.8, 4) is 16.3 Å².